The standard InChI is InChI=1S/C18H17BrFNO2/c19-12-5-3-11(15(20)10-12)4-7-16(22)13-6-8-17(23)18-14(13)2-1-9-21-18/h1-3,5,9-10,13,17,23H,4,6-8H2/t13-,17+/m1/s1. The highest BCUT2D eigenvalue weighted by molar-refractivity contribution is 9.10. The summed E-state index contributed by atoms with van der Waals surface area (Å²) in [5, 5.41) is 10.0. The molecule has 1 aliphatic rings. The fraction of sp³-hybridized carbons (Fsp3) is 0.333. The highest BCUT2D eigenvalue weighted by atomic mass is 79.9. The van der Waals surface area contributed by atoms with E-state index in [1.807, 2.05) is 6.07 Å². The quantitative estimate of drug-likeness (QED) is 0.872. The Bertz CT molecular complexity index is 735. The molecule has 0 aliphatic heterocycles. The summed E-state index contributed by atoms with van der Waals surface area (Å²) in [7, 11) is 0. The van der Waals surface area contributed by atoms with Gasteiger partial charge in [0.25, 0.3) is 0 Å². The largest absolute Gasteiger partial charge is 0.387 e. The van der Waals surface area contributed by atoms with E-state index in [2.05, 4.69) is 20.9 Å². The van der Waals surface area contributed by atoms with Crippen LogP contribution in [0.25, 0.3) is 0 Å². The molecule has 120 valence electrons. The van der Waals surface area contributed by atoms with Gasteiger partial charge in [-0.05, 0) is 48.6 Å². The Kier molecular flexibility index (Phi) is 4.87. The van der Waals surface area contributed by atoms with Crippen LogP contribution in [0.2, 0.25) is 0 Å². The summed E-state index contributed by atoms with van der Waals surface area (Å²) in [5.41, 5.74) is 1.96. The third-order valence-electron chi connectivity index (χ3n) is 4.34. The summed E-state index contributed by atoms with van der Waals surface area (Å²) in [6.07, 6.45) is 2.85. The van der Waals surface area contributed by atoms with Gasteiger partial charge in [0.15, 0.2) is 0 Å². The predicted molar refractivity (Wildman–Crippen MR) is 88.6 cm³/mol. The number of fused-ring (bicyclic) bond motifs is 1. The van der Waals surface area contributed by atoms with Crippen LogP contribution in [0.4, 0.5) is 4.39 Å². The Hall–Kier alpha value is -1.59. The SMILES string of the molecule is O=C(CCc1ccc(Br)cc1F)[C@@H]1CC[C@H](O)c2ncccc21. The highest BCUT2D eigenvalue weighted by Crippen LogP contribution is 2.37. The molecule has 0 radical (unpaired) electrons. The number of carbonyl (C=O) groups excluding carboxylic acids is 1. The van der Waals surface area contributed by atoms with Gasteiger partial charge in [0.1, 0.15) is 11.6 Å². The lowest BCUT2D eigenvalue weighted by Crippen LogP contribution is -2.22. The number of ketones is 1. The number of aliphatic hydroxyl groups excluding tert-OH is 1. The van der Waals surface area contributed by atoms with Gasteiger partial charge < -0.3 is 5.11 Å². The fourth-order valence-electron chi connectivity index (χ4n) is 3.11. The number of Topliss-reactive ketones (excluding diaryl/α,β-unsaturated/α-hetero) is 1. The van der Waals surface area contributed by atoms with E-state index in [4.69, 9.17) is 0 Å². The average Bonchev–Trinajstić information content (AvgIpc) is 2.54. The monoisotopic (exact) mass is 377 g/mol. The number of rotatable bonds is 4. The van der Waals surface area contributed by atoms with Crippen molar-refractivity contribution >= 4 is 21.7 Å². The number of carbonyl (C=O) groups is 1. The van der Waals surface area contributed by atoms with Crippen LogP contribution in [0.15, 0.2) is 41.0 Å². The Morgan fingerprint density at radius 1 is 1.35 bits per heavy atom. The van der Waals surface area contributed by atoms with Crippen LogP contribution in [0.5, 0.6) is 0 Å². The van der Waals surface area contributed by atoms with Crippen LogP contribution in [0.1, 0.15) is 48.1 Å². The number of aliphatic hydroxyl groups is 1. The second-order valence-electron chi connectivity index (χ2n) is 5.83. The van der Waals surface area contributed by atoms with E-state index in [0.717, 1.165) is 5.56 Å². The third-order valence-corrected chi connectivity index (χ3v) is 4.83. The first-order chi connectivity index (χ1) is 11.1. The number of pyridine rings is 1. The van der Waals surface area contributed by atoms with Crippen LogP contribution in [-0.2, 0) is 11.2 Å². The molecule has 1 N–H and O–H groups in total. The lowest BCUT2D eigenvalue weighted by Gasteiger charge is -2.27. The van der Waals surface area contributed by atoms with Gasteiger partial charge in [0.05, 0.1) is 11.8 Å². The number of nitrogens with zero attached hydrogens (tertiary/aromatic N) is 1. The van der Waals surface area contributed by atoms with Crippen molar-refractivity contribution in [2.24, 2.45) is 0 Å². The Labute approximate surface area is 142 Å². The molecule has 1 aromatic heterocycles. The van der Waals surface area contributed by atoms with Crippen molar-refractivity contribution in [1.82, 2.24) is 4.98 Å². The first kappa shape index (κ1) is 16.3. The summed E-state index contributed by atoms with van der Waals surface area (Å²) >= 11 is 3.22. The number of benzene rings is 1. The van der Waals surface area contributed by atoms with E-state index in [9.17, 15) is 14.3 Å². The Morgan fingerprint density at radius 2 is 2.17 bits per heavy atom. The minimum Gasteiger partial charge on any atom is -0.387 e. The Morgan fingerprint density at radius 3 is 2.96 bits per heavy atom. The zero-order valence-electron chi connectivity index (χ0n) is 12.5. The summed E-state index contributed by atoms with van der Waals surface area (Å²) in [6.45, 7) is 0. The maximum absolute atomic E-state index is 13.8. The van der Waals surface area contributed by atoms with Crippen LogP contribution in [0.3, 0.4) is 0 Å². The van der Waals surface area contributed by atoms with Crippen molar-refractivity contribution in [3.8, 4) is 0 Å². The summed E-state index contributed by atoms with van der Waals surface area (Å²) in [4.78, 5) is 16.8. The van der Waals surface area contributed by atoms with Crippen LogP contribution in [0, 0.1) is 5.82 Å². The smallest absolute Gasteiger partial charge is 0.140 e. The molecule has 0 amide bonds. The molecule has 0 spiro atoms. The number of aromatic nitrogens is 1. The van der Waals surface area contributed by atoms with Crippen molar-refractivity contribution in [2.75, 3.05) is 0 Å². The van der Waals surface area contributed by atoms with Gasteiger partial charge in [-0.3, -0.25) is 9.78 Å². The molecule has 0 saturated carbocycles. The average molecular weight is 378 g/mol. The second kappa shape index (κ2) is 6.89. The molecule has 3 rings (SSSR count). The van der Waals surface area contributed by atoms with E-state index < -0.39 is 6.10 Å². The summed E-state index contributed by atoms with van der Waals surface area (Å²) in [6, 6.07) is 8.53. The van der Waals surface area contributed by atoms with Gasteiger partial charge in [-0.2, -0.15) is 0 Å². The maximum atomic E-state index is 13.8. The number of aryl methyl sites for hydroxylation is 1. The Balaban J connectivity index is 1.73. The number of hydrogen-bond acceptors (Lipinski definition) is 3. The molecule has 1 heterocycles. The molecular weight excluding hydrogens is 361 g/mol. The van der Waals surface area contributed by atoms with Crippen LogP contribution >= 0.6 is 15.9 Å². The van der Waals surface area contributed by atoms with Crippen LogP contribution < -0.4 is 0 Å². The minimum absolute atomic E-state index is 0.0773. The van der Waals surface area contributed by atoms with Gasteiger partial charge >= 0.3 is 0 Å². The van der Waals surface area contributed by atoms with Crippen molar-refractivity contribution in [3.63, 3.8) is 0 Å². The zero-order valence-corrected chi connectivity index (χ0v) is 14.1. The van der Waals surface area contributed by atoms with Crippen molar-refractivity contribution in [3.05, 3.63) is 63.6 Å². The molecule has 0 bridgehead atoms. The van der Waals surface area contributed by atoms with Crippen molar-refractivity contribution in [2.45, 2.75) is 37.7 Å². The van der Waals surface area contributed by atoms with Gasteiger partial charge in [0.2, 0.25) is 0 Å². The molecular formula is C18H17BrFNO2. The molecule has 0 fully saturated rings. The van der Waals surface area contributed by atoms with Crippen LogP contribution in [-0.4, -0.2) is 15.9 Å². The second-order valence-corrected chi connectivity index (χ2v) is 6.74. The molecule has 5 heteroatoms. The molecule has 0 saturated heterocycles. The van der Waals surface area contributed by atoms with Gasteiger partial charge in [-0.25, -0.2) is 4.39 Å². The van der Waals surface area contributed by atoms with E-state index in [-0.39, 0.29) is 23.9 Å². The normalized spacial score (nSPS) is 20.1. The van der Waals surface area contributed by atoms with Gasteiger partial charge in [0, 0.05) is 23.0 Å². The zero-order chi connectivity index (χ0) is 16.4. The molecule has 3 nitrogen and oxygen atoms in total. The number of halogens is 2. The van der Waals surface area contributed by atoms with E-state index in [1.54, 1.807) is 24.4 Å². The van der Waals surface area contributed by atoms with Crippen molar-refractivity contribution < 1.29 is 14.3 Å². The number of hydrogen-bond donors (Lipinski definition) is 1. The molecule has 1 aliphatic carbocycles. The molecule has 2 atom stereocenters. The minimum atomic E-state index is -0.598. The fourth-order valence-corrected chi connectivity index (χ4v) is 3.44. The lowest BCUT2D eigenvalue weighted by atomic mass is 9.80. The van der Waals surface area contributed by atoms with E-state index in [0.29, 0.717) is 35.0 Å². The predicted octanol–water partition coefficient (Wildman–Crippen LogP) is 4.10. The molecule has 1 aromatic carbocycles. The summed E-state index contributed by atoms with van der Waals surface area (Å²) in [5.74, 6) is -0.470. The summed E-state index contributed by atoms with van der Waals surface area (Å²) < 4.78 is 14.5. The highest BCUT2D eigenvalue weighted by Gasteiger charge is 2.31. The first-order valence-corrected chi connectivity index (χ1v) is 8.45. The lowest BCUT2D eigenvalue weighted by molar-refractivity contribution is -0.121. The van der Waals surface area contributed by atoms with Crippen molar-refractivity contribution in [1.29, 1.82) is 0 Å². The molecule has 0 unspecified atom stereocenters. The van der Waals surface area contributed by atoms with E-state index >= 15 is 0 Å². The van der Waals surface area contributed by atoms with Gasteiger partial charge in [-0.1, -0.05) is 28.1 Å². The third kappa shape index (κ3) is 3.51. The maximum Gasteiger partial charge on any atom is 0.140 e. The van der Waals surface area contributed by atoms with Gasteiger partial charge in [-0.15, -0.1) is 0 Å². The molecule has 2 aromatic rings. The topological polar surface area (TPSA) is 50.2 Å². The molecule has 23 heavy (non-hydrogen) atoms. The van der Waals surface area contributed by atoms with E-state index in [1.165, 1.54) is 6.07 Å². The first-order valence-electron chi connectivity index (χ1n) is 7.66.